The molecule has 1 heterocycles. The molecule has 1 rings (SSSR count). The summed E-state index contributed by atoms with van der Waals surface area (Å²) in [6.45, 7) is -2.86. The van der Waals surface area contributed by atoms with Crippen molar-refractivity contribution in [2.45, 2.75) is 17.7 Å². The topological polar surface area (TPSA) is 25.8 Å². The zero-order valence-corrected chi connectivity index (χ0v) is 8.47. The van der Waals surface area contributed by atoms with Crippen LogP contribution in [0.4, 0.5) is 12.9 Å². The van der Waals surface area contributed by atoms with Crippen LogP contribution in [0.3, 0.4) is 0 Å². The van der Waals surface area contributed by atoms with Gasteiger partial charge in [0.05, 0.1) is 0 Å². The van der Waals surface area contributed by atoms with Gasteiger partial charge in [0.15, 0.2) is 4.34 Å². The molecule has 13 heavy (non-hydrogen) atoms. The number of rotatable bonds is 4. The molecule has 2 nitrogen and oxygen atoms in total. The van der Waals surface area contributed by atoms with E-state index in [0.29, 0.717) is 28.3 Å². The van der Waals surface area contributed by atoms with Crippen molar-refractivity contribution >= 4 is 30.3 Å². The number of thioether (sulfide) groups is 1. The number of nitrogens with zero attached hydrogens (tertiary/aromatic N) is 2. The van der Waals surface area contributed by atoms with Crippen LogP contribution in [0.2, 0.25) is 0 Å². The van der Waals surface area contributed by atoms with E-state index in [0.717, 1.165) is 11.5 Å². The van der Waals surface area contributed by atoms with E-state index in [-0.39, 0.29) is 0 Å². The van der Waals surface area contributed by atoms with Crippen molar-refractivity contribution in [3.63, 3.8) is 0 Å². The summed E-state index contributed by atoms with van der Waals surface area (Å²) in [5.74, 6) is 0.613. The highest BCUT2D eigenvalue weighted by atomic mass is 32.2. The highest BCUT2D eigenvalue weighted by molar-refractivity contribution is 8.02. The molecule has 0 unspecified atom stereocenters. The van der Waals surface area contributed by atoms with Gasteiger partial charge in [-0.15, -0.1) is 11.8 Å². The maximum Gasteiger partial charge on any atom is 0.488 e. The highest BCUT2D eigenvalue weighted by Crippen LogP contribution is 2.25. The predicted octanol–water partition coefficient (Wildman–Crippen LogP) is 2.58. The van der Waals surface area contributed by atoms with E-state index in [4.69, 9.17) is 0 Å². The van der Waals surface area contributed by atoms with E-state index in [1.807, 2.05) is 6.92 Å². The molecular weight excluding hydrogens is 220 g/mol. The van der Waals surface area contributed by atoms with Gasteiger partial charge in [-0.25, -0.2) is 4.98 Å². The van der Waals surface area contributed by atoms with Gasteiger partial charge < -0.3 is 12.9 Å². The van der Waals surface area contributed by atoms with Crippen molar-refractivity contribution in [1.82, 2.24) is 9.36 Å². The summed E-state index contributed by atoms with van der Waals surface area (Å²) in [5, 5.41) is 0. The standard InChI is InChI=1S/C5H7BF3N2S2/c1-2-4-10-5(13-11-4)12-3-6(7,8)9/h2-3H2,1H3/q-1. The van der Waals surface area contributed by atoms with Crippen LogP contribution in [0, 0.1) is 0 Å². The number of aryl methyl sites for hydroxylation is 1. The molecular formula is C5H7BF3N2S2-. The predicted molar refractivity (Wildman–Crippen MR) is 49.1 cm³/mol. The molecule has 74 valence electrons. The molecule has 1 aromatic rings. The molecule has 0 saturated heterocycles. The largest absolute Gasteiger partial charge is 0.488 e. The van der Waals surface area contributed by atoms with Crippen molar-refractivity contribution in [1.29, 1.82) is 0 Å². The van der Waals surface area contributed by atoms with Crippen LogP contribution in [-0.2, 0) is 6.42 Å². The quantitative estimate of drug-likeness (QED) is 0.584. The first-order chi connectivity index (χ1) is 6.01. The average molecular weight is 227 g/mol. The molecule has 0 saturated carbocycles. The van der Waals surface area contributed by atoms with Crippen LogP contribution in [0.5, 0.6) is 0 Å². The minimum atomic E-state index is -4.72. The van der Waals surface area contributed by atoms with E-state index in [9.17, 15) is 12.9 Å². The number of hydrogen-bond acceptors (Lipinski definition) is 4. The van der Waals surface area contributed by atoms with Crippen LogP contribution >= 0.6 is 23.3 Å². The van der Waals surface area contributed by atoms with Crippen LogP contribution in [0.25, 0.3) is 0 Å². The van der Waals surface area contributed by atoms with Gasteiger partial charge in [-0.05, 0) is 17.2 Å². The molecule has 8 heteroatoms. The summed E-state index contributed by atoms with van der Waals surface area (Å²) < 4.78 is 39.8. The van der Waals surface area contributed by atoms with Crippen molar-refractivity contribution in [2.75, 3.05) is 5.65 Å². The summed E-state index contributed by atoms with van der Waals surface area (Å²) >= 11 is 1.74. The second-order valence-corrected chi connectivity index (χ2v) is 4.37. The van der Waals surface area contributed by atoms with Gasteiger partial charge in [-0.2, -0.15) is 4.37 Å². The van der Waals surface area contributed by atoms with E-state index < -0.39 is 12.6 Å². The first-order valence-electron chi connectivity index (χ1n) is 3.67. The molecule has 0 atom stereocenters. The lowest BCUT2D eigenvalue weighted by Crippen LogP contribution is -2.18. The van der Waals surface area contributed by atoms with E-state index in [1.165, 1.54) is 0 Å². The Morgan fingerprint density at radius 1 is 1.46 bits per heavy atom. The van der Waals surface area contributed by atoms with Gasteiger partial charge in [-0.3, -0.25) is 0 Å². The highest BCUT2D eigenvalue weighted by Gasteiger charge is 2.23. The Kier molecular flexibility index (Phi) is 3.60. The molecule has 0 N–H and O–H groups in total. The van der Waals surface area contributed by atoms with Crippen LogP contribution < -0.4 is 0 Å². The molecule has 0 amide bonds. The lowest BCUT2D eigenvalue weighted by atomic mass is 9.98. The van der Waals surface area contributed by atoms with Crippen molar-refractivity contribution < 1.29 is 12.9 Å². The second kappa shape index (κ2) is 4.32. The van der Waals surface area contributed by atoms with E-state index >= 15 is 0 Å². The van der Waals surface area contributed by atoms with Gasteiger partial charge >= 0.3 is 6.98 Å². The summed E-state index contributed by atoms with van der Waals surface area (Å²) in [7, 11) is 0. The van der Waals surface area contributed by atoms with Crippen molar-refractivity contribution in [3.05, 3.63) is 5.82 Å². The first-order valence-corrected chi connectivity index (χ1v) is 5.43. The van der Waals surface area contributed by atoms with Crippen LogP contribution in [0.1, 0.15) is 12.7 Å². The Morgan fingerprint density at radius 2 is 2.15 bits per heavy atom. The van der Waals surface area contributed by atoms with Crippen LogP contribution in [-0.4, -0.2) is 22.0 Å². The molecule has 0 aliphatic heterocycles. The third kappa shape index (κ3) is 3.99. The van der Waals surface area contributed by atoms with Gasteiger partial charge in [0, 0.05) is 6.42 Å². The van der Waals surface area contributed by atoms with Gasteiger partial charge in [0.1, 0.15) is 5.82 Å². The molecule has 1 aromatic heterocycles. The lowest BCUT2D eigenvalue weighted by Gasteiger charge is -2.10. The fourth-order valence-electron chi connectivity index (χ4n) is 0.606. The maximum atomic E-state index is 11.8. The summed E-state index contributed by atoms with van der Waals surface area (Å²) in [4.78, 5) is 3.91. The Bertz CT molecular complexity index is 275. The Labute approximate surface area is 82.2 Å². The minimum Gasteiger partial charge on any atom is -0.448 e. The van der Waals surface area contributed by atoms with Gasteiger partial charge in [0.2, 0.25) is 0 Å². The summed E-state index contributed by atoms with van der Waals surface area (Å²) in [5.41, 5.74) is -0.835. The monoisotopic (exact) mass is 227 g/mol. The van der Waals surface area contributed by atoms with Crippen molar-refractivity contribution in [2.24, 2.45) is 0 Å². The maximum absolute atomic E-state index is 11.8. The smallest absolute Gasteiger partial charge is 0.448 e. The van der Waals surface area contributed by atoms with Crippen molar-refractivity contribution in [3.8, 4) is 0 Å². The zero-order chi connectivity index (χ0) is 9.90. The normalized spacial score (nSPS) is 12.0. The number of halogens is 3. The fourth-order valence-corrected chi connectivity index (χ4v) is 2.13. The summed E-state index contributed by atoms with van der Waals surface area (Å²) in [6, 6.07) is 0. The molecule has 0 bridgehead atoms. The number of aromatic nitrogens is 2. The van der Waals surface area contributed by atoms with Gasteiger partial charge in [-0.1, -0.05) is 6.92 Å². The minimum absolute atomic E-state index is 0.399. The van der Waals surface area contributed by atoms with E-state index in [2.05, 4.69) is 9.36 Å². The average Bonchev–Trinajstić information content (AvgIpc) is 2.47. The first kappa shape index (κ1) is 10.8. The third-order valence-corrected chi connectivity index (χ3v) is 3.17. The SMILES string of the molecule is CCc1nsc(SC[B-](F)(F)F)n1. The number of hydrogen-bond donors (Lipinski definition) is 0. The molecule has 0 radical (unpaired) electrons. The molecule has 0 spiro atoms. The Balaban J connectivity index is 2.46. The van der Waals surface area contributed by atoms with E-state index in [1.54, 1.807) is 0 Å². The second-order valence-electron chi connectivity index (χ2n) is 2.35. The summed E-state index contributed by atoms with van der Waals surface area (Å²) in [6.07, 6.45) is 0.661. The third-order valence-electron chi connectivity index (χ3n) is 1.16. The molecule has 0 aliphatic carbocycles. The molecule has 0 fully saturated rings. The molecule has 0 aromatic carbocycles. The Morgan fingerprint density at radius 3 is 2.62 bits per heavy atom. The molecule has 0 aliphatic rings. The zero-order valence-electron chi connectivity index (χ0n) is 6.84. The Hall–Kier alpha value is -0.235. The van der Waals surface area contributed by atoms with Gasteiger partial charge in [0.25, 0.3) is 0 Å². The lowest BCUT2D eigenvalue weighted by molar-refractivity contribution is 0.485. The van der Waals surface area contributed by atoms with Crippen LogP contribution in [0.15, 0.2) is 4.34 Å². The fraction of sp³-hybridized carbons (Fsp3) is 0.600.